The number of hydrogen-bond acceptors (Lipinski definition) is 4. The molecule has 0 bridgehead atoms. The molecule has 98 valence electrons. The monoisotopic (exact) mass is 267 g/mol. The number of nitriles is 1. The molecule has 0 aromatic heterocycles. The van der Waals surface area contributed by atoms with Gasteiger partial charge in [0.1, 0.15) is 0 Å². The van der Waals surface area contributed by atoms with Gasteiger partial charge in [0.15, 0.2) is 0 Å². The summed E-state index contributed by atoms with van der Waals surface area (Å²) in [6, 6.07) is 8.58. The van der Waals surface area contributed by atoms with Crippen LogP contribution in [0, 0.1) is 11.3 Å². The van der Waals surface area contributed by atoms with E-state index in [2.05, 4.69) is 4.72 Å². The number of unbranched alkanes of at least 4 members (excludes halogenated alkanes) is 1. The Hall–Kier alpha value is -1.42. The van der Waals surface area contributed by atoms with Crippen LogP contribution in [-0.2, 0) is 15.8 Å². The van der Waals surface area contributed by atoms with E-state index in [0.29, 0.717) is 24.2 Å². The molecule has 0 unspecified atom stereocenters. The first-order valence-electron chi connectivity index (χ1n) is 5.74. The molecule has 0 amide bonds. The zero-order valence-corrected chi connectivity index (χ0v) is 10.9. The Labute approximate surface area is 108 Å². The number of benzene rings is 1. The molecule has 0 heterocycles. The number of nitrogens with two attached hydrogens (primary N) is 1. The number of nitrogens with zero attached hydrogens (tertiary/aromatic N) is 1. The van der Waals surface area contributed by atoms with Gasteiger partial charge in [0.25, 0.3) is 0 Å². The smallest absolute Gasteiger partial charge is 0.215 e. The summed E-state index contributed by atoms with van der Waals surface area (Å²) in [6.07, 6.45) is 1.53. The molecule has 0 radical (unpaired) electrons. The van der Waals surface area contributed by atoms with Crippen LogP contribution in [0.3, 0.4) is 0 Å². The van der Waals surface area contributed by atoms with Gasteiger partial charge >= 0.3 is 0 Å². The molecule has 1 aromatic carbocycles. The van der Waals surface area contributed by atoms with E-state index in [1.54, 1.807) is 24.3 Å². The molecule has 5 nitrogen and oxygen atoms in total. The van der Waals surface area contributed by atoms with Gasteiger partial charge in [-0.3, -0.25) is 0 Å². The van der Waals surface area contributed by atoms with Gasteiger partial charge in [0, 0.05) is 6.54 Å². The van der Waals surface area contributed by atoms with Crippen molar-refractivity contribution in [2.24, 2.45) is 5.73 Å². The quantitative estimate of drug-likeness (QED) is 0.711. The normalized spacial score (nSPS) is 11.1. The summed E-state index contributed by atoms with van der Waals surface area (Å²) in [5.74, 6) is -0.106. The maximum atomic E-state index is 11.7. The molecule has 0 aliphatic carbocycles. The van der Waals surface area contributed by atoms with Gasteiger partial charge in [-0.2, -0.15) is 5.26 Å². The largest absolute Gasteiger partial charge is 0.330 e. The summed E-state index contributed by atoms with van der Waals surface area (Å²) >= 11 is 0. The zero-order valence-electron chi connectivity index (χ0n) is 10.1. The molecule has 0 aliphatic rings. The fourth-order valence-electron chi connectivity index (χ4n) is 1.50. The molecule has 1 rings (SSSR count). The average Bonchev–Trinajstić information content (AvgIpc) is 2.34. The highest BCUT2D eigenvalue weighted by molar-refractivity contribution is 7.88. The van der Waals surface area contributed by atoms with Gasteiger partial charge in [-0.25, -0.2) is 13.1 Å². The van der Waals surface area contributed by atoms with Gasteiger partial charge in [-0.15, -0.1) is 0 Å². The van der Waals surface area contributed by atoms with Gasteiger partial charge < -0.3 is 5.73 Å². The molecule has 0 atom stereocenters. The summed E-state index contributed by atoms with van der Waals surface area (Å²) in [4.78, 5) is 0. The molecule has 3 N–H and O–H groups in total. The topological polar surface area (TPSA) is 96.0 Å². The second-order valence-corrected chi connectivity index (χ2v) is 5.77. The minimum absolute atomic E-state index is 0.106. The second-order valence-electron chi connectivity index (χ2n) is 3.96. The third kappa shape index (κ3) is 5.27. The van der Waals surface area contributed by atoms with E-state index >= 15 is 0 Å². The van der Waals surface area contributed by atoms with E-state index in [1.165, 1.54) is 0 Å². The Kier molecular flexibility index (Phi) is 5.78. The number of hydrogen-bond donors (Lipinski definition) is 2. The van der Waals surface area contributed by atoms with Gasteiger partial charge in [0.2, 0.25) is 10.0 Å². The van der Waals surface area contributed by atoms with Crippen LogP contribution in [-0.4, -0.2) is 21.5 Å². The van der Waals surface area contributed by atoms with Crippen molar-refractivity contribution in [3.63, 3.8) is 0 Å². The van der Waals surface area contributed by atoms with Crippen LogP contribution in [0.4, 0.5) is 0 Å². The first-order chi connectivity index (χ1) is 8.57. The zero-order chi connectivity index (χ0) is 13.4. The Balaban J connectivity index is 2.57. The summed E-state index contributed by atoms with van der Waals surface area (Å²) in [5, 5.41) is 8.73. The first-order valence-corrected chi connectivity index (χ1v) is 7.39. The van der Waals surface area contributed by atoms with E-state index in [0.717, 1.165) is 12.8 Å². The summed E-state index contributed by atoms with van der Waals surface area (Å²) < 4.78 is 26.0. The lowest BCUT2D eigenvalue weighted by Crippen LogP contribution is -2.26. The van der Waals surface area contributed by atoms with Crippen LogP contribution in [0.25, 0.3) is 0 Å². The van der Waals surface area contributed by atoms with E-state index < -0.39 is 10.0 Å². The van der Waals surface area contributed by atoms with Crippen molar-refractivity contribution in [1.29, 1.82) is 5.26 Å². The van der Waals surface area contributed by atoms with Crippen LogP contribution >= 0.6 is 0 Å². The molecule has 0 aliphatic heterocycles. The lowest BCUT2D eigenvalue weighted by Gasteiger charge is -2.06. The van der Waals surface area contributed by atoms with Crippen LogP contribution in [0.1, 0.15) is 24.0 Å². The highest BCUT2D eigenvalue weighted by Crippen LogP contribution is 2.07. The fraction of sp³-hybridized carbons (Fsp3) is 0.417. The van der Waals surface area contributed by atoms with E-state index in [4.69, 9.17) is 11.0 Å². The molecule has 0 fully saturated rings. The Bertz CT molecular complexity index is 520. The summed E-state index contributed by atoms with van der Waals surface area (Å²) in [5.41, 5.74) is 6.40. The van der Waals surface area contributed by atoms with E-state index in [1.807, 2.05) is 6.07 Å². The first kappa shape index (κ1) is 14.6. The molecule has 6 heteroatoms. The van der Waals surface area contributed by atoms with Gasteiger partial charge in [-0.05, 0) is 37.1 Å². The average molecular weight is 267 g/mol. The Morgan fingerprint density at radius 1 is 1.33 bits per heavy atom. The van der Waals surface area contributed by atoms with Crippen molar-refractivity contribution in [1.82, 2.24) is 4.72 Å². The van der Waals surface area contributed by atoms with Crippen LogP contribution in [0.15, 0.2) is 24.3 Å². The Morgan fingerprint density at radius 2 is 2.11 bits per heavy atom. The predicted octanol–water partition coefficient (Wildman–Crippen LogP) is 0.717. The van der Waals surface area contributed by atoms with Gasteiger partial charge in [0.05, 0.1) is 17.4 Å². The number of sulfonamides is 1. The van der Waals surface area contributed by atoms with Crippen LogP contribution in [0.2, 0.25) is 0 Å². The summed E-state index contributed by atoms with van der Waals surface area (Å²) in [6.45, 7) is 0.962. The van der Waals surface area contributed by atoms with E-state index in [-0.39, 0.29) is 5.75 Å². The maximum absolute atomic E-state index is 11.7. The Morgan fingerprint density at radius 3 is 2.78 bits per heavy atom. The maximum Gasteiger partial charge on any atom is 0.215 e. The molecule has 0 spiro atoms. The predicted molar refractivity (Wildman–Crippen MR) is 70.1 cm³/mol. The van der Waals surface area contributed by atoms with Crippen molar-refractivity contribution in [2.45, 2.75) is 18.6 Å². The van der Waals surface area contributed by atoms with E-state index in [9.17, 15) is 8.42 Å². The number of nitrogens with one attached hydrogen (secondary N) is 1. The third-order valence-electron chi connectivity index (χ3n) is 2.37. The van der Waals surface area contributed by atoms with Gasteiger partial charge in [-0.1, -0.05) is 12.1 Å². The lowest BCUT2D eigenvalue weighted by molar-refractivity contribution is 0.576. The van der Waals surface area contributed by atoms with Crippen LogP contribution < -0.4 is 10.5 Å². The lowest BCUT2D eigenvalue weighted by atomic mass is 10.2. The minimum atomic E-state index is -3.34. The highest BCUT2D eigenvalue weighted by Gasteiger charge is 2.10. The third-order valence-corrected chi connectivity index (χ3v) is 3.72. The van der Waals surface area contributed by atoms with Crippen molar-refractivity contribution < 1.29 is 8.42 Å². The second kappa shape index (κ2) is 7.11. The summed E-state index contributed by atoms with van der Waals surface area (Å²) in [7, 11) is -3.34. The molecule has 1 aromatic rings. The van der Waals surface area contributed by atoms with Crippen molar-refractivity contribution in [3.05, 3.63) is 35.4 Å². The van der Waals surface area contributed by atoms with Crippen molar-refractivity contribution >= 4 is 10.0 Å². The minimum Gasteiger partial charge on any atom is -0.330 e. The highest BCUT2D eigenvalue weighted by atomic mass is 32.2. The molecule has 0 saturated heterocycles. The van der Waals surface area contributed by atoms with Crippen molar-refractivity contribution in [3.8, 4) is 6.07 Å². The van der Waals surface area contributed by atoms with Crippen molar-refractivity contribution in [2.75, 3.05) is 13.1 Å². The SMILES string of the molecule is N#Cc1cccc(CS(=O)(=O)NCCCCN)c1. The molecule has 18 heavy (non-hydrogen) atoms. The van der Waals surface area contributed by atoms with Crippen LogP contribution in [0.5, 0.6) is 0 Å². The molecular formula is C12H17N3O2S. The fourth-order valence-corrected chi connectivity index (χ4v) is 2.67. The standard InChI is InChI=1S/C12H17N3O2S/c13-6-1-2-7-15-18(16,17)10-12-5-3-4-11(8-12)9-14/h3-5,8,15H,1-2,6-7,10,13H2. The molecule has 0 saturated carbocycles. The number of rotatable bonds is 7. The molecular weight excluding hydrogens is 250 g/mol.